The van der Waals surface area contributed by atoms with Crippen LogP contribution in [0.4, 0.5) is 5.69 Å². The molecule has 0 saturated carbocycles. The molecule has 7 nitrogen and oxygen atoms in total. The Labute approximate surface area is 170 Å². The summed E-state index contributed by atoms with van der Waals surface area (Å²) in [6, 6.07) is 9.79. The summed E-state index contributed by atoms with van der Waals surface area (Å²) in [6.45, 7) is 3.65. The van der Waals surface area contributed by atoms with Crippen molar-refractivity contribution in [3.8, 4) is 5.75 Å². The molecule has 0 aliphatic carbocycles. The van der Waals surface area contributed by atoms with Gasteiger partial charge in [0.25, 0.3) is 0 Å². The van der Waals surface area contributed by atoms with Gasteiger partial charge in [0.15, 0.2) is 5.65 Å². The maximum Gasteiger partial charge on any atom is 0.223 e. The summed E-state index contributed by atoms with van der Waals surface area (Å²) in [5.41, 5.74) is 3.54. The van der Waals surface area contributed by atoms with Gasteiger partial charge in [0, 0.05) is 31.4 Å². The van der Waals surface area contributed by atoms with Crippen molar-refractivity contribution in [2.24, 2.45) is 5.92 Å². The minimum Gasteiger partial charge on any atom is -0.497 e. The molecule has 1 aliphatic rings. The number of methoxy groups -OCH3 is 1. The number of piperidine rings is 1. The Balaban J connectivity index is 1.33. The summed E-state index contributed by atoms with van der Waals surface area (Å²) in [5.74, 6) is 0.962. The van der Waals surface area contributed by atoms with Gasteiger partial charge in [-0.15, -0.1) is 0 Å². The number of hydrogen-bond acceptors (Lipinski definition) is 6. The molecule has 3 aromatic rings. The van der Waals surface area contributed by atoms with Crippen molar-refractivity contribution >= 4 is 22.8 Å². The quantitative estimate of drug-likeness (QED) is 0.720. The fourth-order valence-corrected chi connectivity index (χ4v) is 3.73. The topological polar surface area (TPSA) is 80.2 Å². The number of anilines is 1. The molecule has 1 amide bonds. The number of amides is 1. The molecule has 1 atom stereocenters. The van der Waals surface area contributed by atoms with Crippen molar-refractivity contribution in [2.45, 2.75) is 25.8 Å². The van der Waals surface area contributed by atoms with E-state index >= 15 is 0 Å². The lowest BCUT2D eigenvalue weighted by Crippen LogP contribution is -2.41. The number of rotatable bonds is 5. The summed E-state index contributed by atoms with van der Waals surface area (Å²) in [7, 11) is 1.65. The first kappa shape index (κ1) is 19.1. The monoisotopic (exact) mass is 391 g/mol. The van der Waals surface area contributed by atoms with Gasteiger partial charge < -0.3 is 15.0 Å². The second-order valence-electron chi connectivity index (χ2n) is 7.36. The molecule has 0 spiro atoms. The van der Waals surface area contributed by atoms with E-state index in [4.69, 9.17) is 4.74 Å². The normalized spacial score (nSPS) is 15.9. The minimum absolute atomic E-state index is 0.0279. The number of fused-ring (bicyclic) bond motifs is 1. The maximum atomic E-state index is 12.7. The predicted octanol–water partition coefficient (Wildman–Crippen LogP) is 3.13. The Kier molecular flexibility index (Phi) is 5.55. The van der Waals surface area contributed by atoms with Crippen molar-refractivity contribution in [2.75, 3.05) is 25.1 Å². The molecule has 1 aromatic carbocycles. The van der Waals surface area contributed by atoms with Crippen LogP contribution in [0.1, 0.15) is 31.4 Å². The van der Waals surface area contributed by atoms with Crippen LogP contribution in [0.2, 0.25) is 0 Å². The molecule has 3 heterocycles. The van der Waals surface area contributed by atoms with E-state index in [9.17, 15) is 4.79 Å². The van der Waals surface area contributed by atoms with Crippen LogP contribution in [0.15, 0.2) is 48.9 Å². The van der Waals surface area contributed by atoms with Gasteiger partial charge in [-0.25, -0.2) is 9.97 Å². The molecule has 29 heavy (non-hydrogen) atoms. The molecule has 1 fully saturated rings. The first-order chi connectivity index (χ1) is 14.1. The first-order valence-corrected chi connectivity index (χ1v) is 9.90. The first-order valence-electron chi connectivity index (χ1n) is 9.90. The van der Waals surface area contributed by atoms with Crippen molar-refractivity contribution in [1.82, 2.24) is 20.3 Å². The fourth-order valence-electron chi connectivity index (χ4n) is 3.73. The van der Waals surface area contributed by atoms with E-state index in [0.29, 0.717) is 5.65 Å². The van der Waals surface area contributed by atoms with E-state index in [2.05, 4.69) is 25.2 Å². The molecule has 2 aromatic heterocycles. The third kappa shape index (κ3) is 4.29. The van der Waals surface area contributed by atoms with Crippen LogP contribution in [0, 0.1) is 5.92 Å². The summed E-state index contributed by atoms with van der Waals surface area (Å²) < 4.78 is 5.19. The summed E-state index contributed by atoms with van der Waals surface area (Å²) in [5, 5.41) is 3.15. The van der Waals surface area contributed by atoms with Crippen LogP contribution in [0.3, 0.4) is 0 Å². The number of hydrogen-bond donors (Lipinski definition) is 1. The van der Waals surface area contributed by atoms with Crippen LogP contribution in [-0.4, -0.2) is 41.1 Å². The van der Waals surface area contributed by atoms with Crippen molar-refractivity contribution in [1.29, 1.82) is 0 Å². The van der Waals surface area contributed by atoms with E-state index in [1.165, 1.54) is 0 Å². The highest BCUT2D eigenvalue weighted by Gasteiger charge is 2.26. The third-order valence-corrected chi connectivity index (χ3v) is 5.52. The Hall–Kier alpha value is -3.22. The summed E-state index contributed by atoms with van der Waals surface area (Å²) in [4.78, 5) is 27.9. The van der Waals surface area contributed by atoms with Gasteiger partial charge in [-0.05, 0) is 43.5 Å². The molecule has 0 radical (unpaired) electrons. The number of ether oxygens (including phenoxy) is 1. The van der Waals surface area contributed by atoms with E-state index in [1.807, 2.05) is 43.5 Å². The Morgan fingerprint density at radius 2 is 1.86 bits per heavy atom. The number of benzene rings is 1. The Morgan fingerprint density at radius 3 is 2.59 bits per heavy atom. The lowest BCUT2D eigenvalue weighted by Gasteiger charge is -2.33. The van der Waals surface area contributed by atoms with Crippen molar-refractivity contribution in [3.63, 3.8) is 0 Å². The molecule has 4 rings (SSSR count). The van der Waals surface area contributed by atoms with Crippen LogP contribution < -0.4 is 15.0 Å². The van der Waals surface area contributed by atoms with Crippen LogP contribution >= 0.6 is 0 Å². The molecular formula is C22H25N5O2. The number of carbonyl (C=O) groups is 1. The summed E-state index contributed by atoms with van der Waals surface area (Å²) in [6.07, 6.45) is 6.79. The van der Waals surface area contributed by atoms with Gasteiger partial charge in [-0.1, -0.05) is 12.1 Å². The van der Waals surface area contributed by atoms with Gasteiger partial charge in [0.1, 0.15) is 11.3 Å². The lowest BCUT2D eigenvalue weighted by atomic mass is 9.95. The molecule has 1 aliphatic heterocycles. The zero-order valence-corrected chi connectivity index (χ0v) is 16.7. The molecule has 0 bridgehead atoms. The van der Waals surface area contributed by atoms with E-state index in [0.717, 1.165) is 48.4 Å². The second-order valence-corrected chi connectivity index (χ2v) is 7.36. The van der Waals surface area contributed by atoms with Gasteiger partial charge in [0.2, 0.25) is 5.91 Å². The number of nitrogens with one attached hydrogen (secondary N) is 1. The van der Waals surface area contributed by atoms with E-state index < -0.39 is 0 Å². The van der Waals surface area contributed by atoms with Crippen LogP contribution in [0.25, 0.3) is 11.2 Å². The van der Waals surface area contributed by atoms with Gasteiger partial charge in [-0.2, -0.15) is 0 Å². The molecule has 1 N–H and O–H groups in total. The van der Waals surface area contributed by atoms with Crippen LogP contribution in [-0.2, 0) is 4.79 Å². The molecule has 1 saturated heterocycles. The van der Waals surface area contributed by atoms with Gasteiger partial charge in [0.05, 0.1) is 25.0 Å². The largest absolute Gasteiger partial charge is 0.497 e. The van der Waals surface area contributed by atoms with E-state index in [1.54, 1.807) is 19.5 Å². The average molecular weight is 391 g/mol. The van der Waals surface area contributed by atoms with E-state index in [-0.39, 0.29) is 17.9 Å². The highest BCUT2D eigenvalue weighted by molar-refractivity contribution is 5.79. The Morgan fingerprint density at radius 1 is 1.14 bits per heavy atom. The third-order valence-electron chi connectivity index (χ3n) is 5.52. The zero-order chi connectivity index (χ0) is 20.2. The average Bonchev–Trinajstić information content (AvgIpc) is 2.79. The highest BCUT2D eigenvalue weighted by Crippen LogP contribution is 2.25. The maximum absolute atomic E-state index is 12.7. The smallest absolute Gasteiger partial charge is 0.223 e. The number of aromatic nitrogens is 3. The fraction of sp³-hybridized carbons (Fsp3) is 0.364. The SMILES string of the molecule is COc1ccc([C@@H](C)NC(=O)C2CCN(c3cnc4nccnc4c3)CC2)cc1. The molecule has 0 unspecified atom stereocenters. The highest BCUT2D eigenvalue weighted by atomic mass is 16.5. The Bertz CT molecular complexity index is 984. The zero-order valence-electron chi connectivity index (χ0n) is 16.7. The van der Waals surface area contributed by atoms with Crippen LogP contribution in [0.5, 0.6) is 5.75 Å². The van der Waals surface area contributed by atoms with Gasteiger partial charge in [-0.3, -0.25) is 9.78 Å². The minimum atomic E-state index is -0.0327. The summed E-state index contributed by atoms with van der Waals surface area (Å²) >= 11 is 0. The molecule has 150 valence electrons. The number of carbonyl (C=O) groups excluding carboxylic acids is 1. The second kappa shape index (κ2) is 8.43. The van der Waals surface area contributed by atoms with Crippen molar-refractivity contribution < 1.29 is 9.53 Å². The van der Waals surface area contributed by atoms with Crippen molar-refractivity contribution in [3.05, 3.63) is 54.5 Å². The standard InChI is InChI=1S/C22H25N5O2/c1-15(16-3-5-19(29-2)6-4-16)26-22(28)17-7-11-27(12-8-17)18-13-20-21(25-14-18)24-10-9-23-20/h3-6,9-10,13-15,17H,7-8,11-12H2,1-2H3,(H,26,28)/t15-/m1/s1. The molecule has 7 heteroatoms. The number of pyridine rings is 1. The predicted molar refractivity (Wildman–Crippen MR) is 112 cm³/mol. The van der Waals surface area contributed by atoms with Gasteiger partial charge >= 0.3 is 0 Å². The number of nitrogens with zero attached hydrogens (tertiary/aromatic N) is 4. The lowest BCUT2D eigenvalue weighted by molar-refractivity contribution is -0.126. The molecular weight excluding hydrogens is 366 g/mol.